The summed E-state index contributed by atoms with van der Waals surface area (Å²) in [4.78, 5) is 1.08. The molecule has 114 valence electrons. The van der Waals surface area contributed by atoms with Crippen LogP contribution in [0.4, 0.5) is 0 Å². The number of aromatic nitrogens is 4. The average molecular weight is 334 g/mol. The first-order valence-corrected chi connectivity index (χ1v) is 8.88. The highest BCUT2D eigenvalue weighted by atomic mass is 32.2. The standard InChI is InChI=1S/C14H14N4O2S2/c19-7-13-15-16-14(18(13)10-3-4-10)22-8-9-6-11(20-17-9)12-2-1-5-21-12/h1-2,5-6,10,19H,3-4,7-8H2. The maximum absolute atomic E-state index is 9.34. The van der Waals surface area contributed by atoms with Crippen LogP contribution in [0.5, 0.6) is 0 Å². The number of thioether (sulfide) groups is 1. The van der Waals surface area contributed by atoms with Crippen molar-refractivity contribution in [1.29, 1.82) is 0 Å². The van der Waals surface area contributed by atoms with Crippen LogP contribution in [-0.2, 0) is 12.4 Å². The van der Waals surface area contributed by atoms with Gasteiger partial charge in [0.2, 0.25) is 0 Å². The number of hydrogen-bond acceptors (Lipinski definition) is 7. The molecule has 0 aromatic carbocycles. The highest BCUT2D eigenvalue weighted by Gasteiger charge is 2.29. The second kappa shape index (κ2) is 5.86. The summed E-state index contributed by atoms with van der Waals surface area (Å²) < 4.78 is 7.42. The Morgan fingerprint density at radius 1 is 1.41 bits per heavy atom. The average Bonchev–Trinajstić information content (AvgIpc) is 3.01. The van der Waals surface area contributed by atoms with E-state index >= 15 is 0 Å². The summed E-state index contributed by atoms with van der Waals surface area (Å²) in [6.07, 6.45) is 2.26. The highest BCUT2D eigenvalue weighted by molar-refractivity contribution is 7.98. The minimum atomic E-state index is -0.0729. The summed E-state index contributed by atoms with van der Waals surface area (Å²) >= 11 is 3.20. The molecule has 0 unspecified atom stereocenters. The molecule has 0 radical (unpaired) electrons. The number of aliphatic hydroxyl groups is 1. The Kier molecular flexibility index (Phi) is 3.73. The Morgan fingerprint density at radius 3 is 3.05 bits per heavy atom. The number of nitrogens with zero attached hydrogens (tertiary/aromatic N) is 4. The number of rotatable bonds is 6. The molecule has 8 heteroatoms. The fourth-order valence-electron chi connectivity index (χ4n) is 2.27. The van der Waals surface area contributed by atoms with Crippen LogP contribution in [0.2, 0.25) is 0 Å². The lowest BCUT2D eigenvalue weighted by molar-refractivity contribution is 0.263. The molecule has 1 saturated carbocycles. The fraction of sp³-hybridized carbons (Fsp3) is 0.357. The number of thiophene rings is 1. The van der Waals surface area contributed by atoms with E-state index in [-0.39, 0.29) is 6.61 Å². The normalized spacial score (nSPS) is 14.6. The maximum Gasteiger partial charge on any atom is 0.191 e. The highest BCUT2D eigenvalue weighted by Crippen LogP contribution is 2.39. The van der Waals surface area contributed by atoms with Gasteiger partial charge >= 0.3 is 0 Å². The second-order valence-corrected chi connectivity index (χ2v) is 7.00. The predicted octanol–water partition coefficient (Wildman–Crippen LogP) is 3.11. The third-order valence-corrected chi connectivity index (χ3v) is 5.32. The Morgan fingerprint density at radius 2 is 2.32 bits per heavy atom. The van der Waals surface area contributed by atoms with Crippen molar-refractivity contribution in [1.82, 2.24) is 19.9 Å². The summed E-state index contributed by atoms with van der Waals surface area (Å²) in [6, 6.07) is 6.41. The van der Waals surface area contributed by atoms with Gasteiger partial charge in [-0.1, -0.05) is 23.0 Å². The maximum atomic E-state index is 9.34. The predicted molar refractivity (Wildman–Crippen MR) is 83.6 cm³/mol. The molecule has 1 aliphatic carbocycles. The molecule has 22 heavy (non-hydrogen) atoms. The van der Waals surface area contributed by atoms with Crippen molar-refractivity contribution in [2.45, 2.75) is 36.4 Å². The molecule has 3 aromatic rings. The van der Waals surface area contributed by atoms with Crippen LogP contribution in [0, 0.1) is 0 Å². The van der Waals surface area contributed by atoms with Crippen LogP contribution in [-0.4, -0.2) is 25.0 Å². The van der Waals surface area contributed by atoms with Gasteiger partial charge in [0.15, 0.2) is 16.7 Å². The Bertz CT molecular complexity index is 762. The molecule has 0 saturated heterocycles. The molecule has 3 aromatic heterocycles. The summed E-state index contributed by atoms with van der Waals surface area (Å²) in [5, 5.41) is 24.5. The lowest BCUT2D eigenvalue weighted by Gasteiger charge is -2.05. The van der Waals surface area contributed by atoms with E-state index in [0.717, 1.165) is 34.3 Å². The van der Waals surface area contributed by atoms with E-state index < -0.39 is 0 Å². The van der Waals surface area contributed by atoms with E-state index in [9.17, 15) is 5.11 Å². The van der Waals surface area contributed by atoms with Gasteiger partial charge in [-0.15, -0.1) is 21.5 Å². The quantitative estimate of drug-likeness (QED) is 0.698. The first kappa shape index (κ1) is 14.0. The monoisotopic (exact) mass is 334 g/mol. The summed E-state index contributed by atoms with van der Waals surface area (Å²) in [6.45, 7) is -0.0729. The van der Waals surface area contributed by atoms with E-state index in [1.54, 1.807) is 23.1 Å². The van der Waals surface area contributed by atoms with Crippen molar-refractivity contribution in [3.8, 4) is 10.6 Å². The van der Waals surface area contributed by atoms with Gasteiger partial charge in [-0.05, 0) is 24.3 Å². The Labute approximate surface area is 135 Å². The second-order valence-electron chi connectivity index (χ2n) is 5.11. The van der Waals surface area contributed by atoms with E-state index in [0.29, 0.717) is 17.6 Å². The topological polar surface area (TPSA) is 77.0 Å². The van der Waals surface area contributed by atoms with E-state index in [4.69, 9.17) is 4.52 Å². The molecular formula is C14H14N4O2S2. The Balaban J connectivity index is 1.48. The van der Waals surface area contributed by atoms with Gasteiger partial charge in [0.25, 0.3) is 0 Å². The fourth-order valence-corrected chi connectivity index (χ4v) is 3.84. The largest absolute Gasteiger partial charge is 0.388 e. The van der Waals surface area contributed by atoms with Crippen LogP contribution in [0.1, 0.15) is 30.4 Å². The minimum absolute atomic E-state index is 0.0729. The molecule has 6 nitrogen and oxygen atoms in total. The van der Waals surface area contributed by atoms with Gasteiger partial charge in [-0.3, -0.25) is 0 Å². The Hall–Kier alpha value is -1.64. The van der Waals surface area contributed by atoms with Crippen LogP contribution < -0.4 is 0 Å². The van der Waals surface area contributed by atoms with Crippen molar-refractivity contribution in [3.63, 3.8) is 0 Å². The summed E-state index contributed by atoms with van der Waals surface area (Å²) in [5.74, 6) is 2.11. The van der Waals surface area contributed by atoms with Crippen LogP contribution in [0.3, 0.4) is 0 Å². The van der Waals surface area contributed by atoms with Gasteiger partial charge in [-0.2, -0.15) is 0 Å². The molecule has 1 fully saturated rings. The first-order valence-electron chi connectivity index (χ1n) is 7.02. The van der Waals surface area contributed by atoms with Crippen molar-refractivity contribution < 1.29 is 9.63 Å². The van der Waals surface area contributed by atoms with Gasteiger partial charge in [0, 0.05) is 17.9 Å². The minimum Gasteiger partial charge on any atom is -0.388 e. The van der Waals surface area contributed by atoms with Crippen LogP contribution in [0.25, 0.3) is 10.6 Å². The molecule has 4 rings (SSSR count). The van der Waals surface area contributed by atoms with E-state index in [2.05, 4.69) is 15.4 Å². The molecule has 1 aliphatic rings. The number of aliphatic hydroxyl groups excluding tert-OH is 1. The van der Waals surface area contributed by atoms with Gasteiger partial charge in [0.05, 0.1) is 10.6 Å². The third kappa shape index (κ3) is 2.69. The van der Waals surface area contributed by atoms with Crippen molar-refractivity contribution in [3.05, 3.63) is 35.1 Å². The zero-order valence-corrected chi connectivity index (χ0v) is 13.3. The molecule has 0 amide bonds. The SMILES string of the molecule is OCc1nnc(SCc2cc(-c3cccs3)on2)n1C1CC1. The van der Waals surface area contributed by atoms with Crippen LogP contribution >= 0.6 is 23.1 Å². The van der Waals surface area contributed by atoms with Crippen LogP contribution in [0.15, 0.2) is 33.3 Å². The summed E-state index contributed by atoms with van der Waals surface area (Å²) in [7, 11) is 0. The molecular weight excluding hydrogens is 320 g/mol. The van der Waals surface area contributed by atoms with Crippen molar-refractivity contribution in [2.24, 2.45) is 0 Å². The lowest BCUT2D eigenvalue weighted by Crippen LogP contribution is -2.02. The van der Waals surface area contributed by atoms with Gasteiger partial charge in [-0.25, -0.2) is 0 Å². The van der Waals surface area contributed by atoms with E-state index in [1.165, 1.54) is 0 Å². The molecule has 3 heterocycles. The van der Waals surface area contributed by atoms with Gasteiger partial charge < -0.3 is 14.2 Å². The molecule has 1 N–H and O–H groups in total. The zero-order valence-electron chi connectivity index (χ0n) is 11.7. The molecule has 0 atom stereocenters. The molecule has 0 bridgehead atoms. The first-order chi connectivity index (χ1) is 10.8. The smallest absolute Gasteiger partial charge is 0.191 e. The van der Waals surface area contributed by atoms with E-state index in [1.807, 2.05) is 28.1 Å². The van der Waals surface area contributed by atoms with Crippen molar-refractivity contribution >= 4 is 23.1 Å². The number of hydrogen-bond donors (Lipinski definition) is 1. The molecule has 0 spiro atoms. The third-order valence-electron chi connectivity index (χ3n) is 3.46. The van der Waals surface area contributed by atoms with Gasteiger partial charge in [0.1, 0.15) is 6.61 Å². The lowest BCUT2D eigenvalue weighted by atomic mass is 10.3. The van der Waals surface area contributed by atoms with Crippen molar-refractivity contribution in [2.75, 3.05) is 0 Å². The summed E-state index contributed by atoms with van der Waals surface area (Å²) in [5.41, 5.74) is 0.879. The molecule has 0 aliphatic heterocycles. The zero-order chi connectivity index (χ0) is 14.9.